The highest BCUT2D eigenvalue weighted by molar-refractivity contribution is 5.93. The summed E-state index contributed by atoms with van der Waals surface area (Å²) in [6.07, 6.45) is 0.974. The molecule has 0 aliphatic rings. The monoisotopic (exact) mass is 228 g/mol. The van der Waals surface area contributed by atoms with Gasteiger partial charge >= 0.3 is 0 Å². The fourth-order valence-corrected chi connectivity index (χ4v) is 2.25. The highest BCUT2D eigenvalue weighted by Crippen LogP contribution is 2.27. The molecule has 90 valence electrons. The van der Waals surface area contributed by atoms with Gasteiger partial charge in [-0.25, -0.2) is 0 Å². The first-order valence-corrected chi connectivity index (χ1v) is 6.30. The predicted molar refractivity (Wildman–Crippen MR) is 74.8 cm³/mol. The number of aryl methyl sites for hydroxylation is 3. The Balaban J connectivity index is 2.76. The maximum atomic E-state index is 4.74. The molecule has 2 heteroatoms. The first-order chi connectivity index (χ1) is 8.15. The largest absolute Gasteiger partial charge is 0.385 e. The maximum Gasteiger partial charge on any atom is 0.0755 e. The molecule has 0 aliphatic heterocycles. The number of pyridine rings is 1. The molecule has 17 heavy (non-hydrogen) atoms. The summed E-state index contributed by atoms with van der Waals surface area (Å²) in [5, 5.41) is 4.68. The van der Waals surface area contributed by atoms with Gasteiger partial charge in [-0.1, -0.05) is 18.6 Å². The lowest BCUT2D eigenvalue weighted by Crippen LogP contribution is -2.01. The Morgan fingerprint density at radius 1 is 1.12 bits per heavy atom. The minimum absolute atomic E-state index is 0.940. The van der Waals surface area contributed by atoms with Crippen molar-refractivity contribution in [2.24, 2.45) is 0 Å². The van der Waals surface area contributed by atoms with Crippen LogP contribution in [0.2, 0.25) is 0 Å². The zero-order valence-electron chi connectivity index (χ0n) is 11.1. The molecular weight excluding hydrogens is 208 g/mol. The molecule has 0 radical (unpaired) electrons. The summed E-state index contributed by atoms with van der Waals surface area (Å²) in [5.41, 5.74) is 6.04. The summed E-state index contributed by atoms with van der Waals surface area (Å²) in [6, 6.07) is 6.59. The summed E-state index contributed by atoms with van der Waals surface area (Å²) in [6.45, 7) is 9.48. The van der Waals surface area contributed by atoms with E-state index in [9.17, 15) is 0 Å². The lowest BCUT2D eigenvalue weighted by Gasteiger charge is -2.12. The zero-order valence-corrected chi connectivity index (χ0v) is 11.1. The van der Waals surface area contributed by atoms with Crippen molar-refractivity contribution in [3.05, 3.63) is 35.0 Å². The van der Waals surface area contributed by atoms with Crippen molar-refractivity contribution >= 4 is 16.6 Å². The van der Waals surface area contributed by atoms with Gasteiger partial charge in [-0.3, -0.25) is 4.98 Å². The van der Waals surface area contributed by atoms with Crippen LogP contribution in [-0.4, -0.2) is 11.5 Å². The van der Waals surface area contributed by atoms with E-state index in [1.54, 1.807) is 0 Å². The molecule has 0 aliphatic carbocycles. The molecule has 2 aromatic rings. The average molecular weight is 228 g/mol. The van der Waals surface area contributed by atoms with Gasteiger partial charge in [0, 0.05) is 23.3 Å². The van der Waals surface area contributed by atoms with Crippen molar-refractivity contribution in [1.29, 1.82) is 0 Å². The lowest BCUT2D eigenvalue weighted by molar-refractivity contribution is 1.05. The molecule has 0 saturated carbocycles. The second-order valence-electron chi connectivity index (χ2n) is 4.52. The van der Waals surface area contributed by atoms with Crippen LogP contribution in [0.3, 0.4) is 0 Å². The van der Waals surface area contributed by atoms with Crippen LogP contribution < -0.4 is 5.32 Å². The van der Waals surface area contributed by atoms with Gasteiger partial charge in [0.05, 0.1) is 5.52 Å². The minimum atomic E-state index is 0.940. The van der Waals surface area contributed by atoms with Crippen LogP contribution in [0.25, 0.3) is 10.9 Å². The number of hydrogen-bond acceptors (Lipinski definition) is 2. The number of hydrogen-bond donors (Lipinski definition) is 1. The van der Waals surface area contributed by atoms with E-state index in [1.807, 2.05) is 0 Å². The number of anilines is 1. The lowest BCUT2D eigenvalue weighted by atomic mass is 10.0. The van der Waals surface area contributed by atoms with Gasteiger partial charge in [0.2, 0.25) is 0 Å². The molecule has 0 saturated heterocycles. The van der Waals surface area contributed by atoms with Gasteiger partial charge in [0.15, 0.2) is 0 Å². The molecule has 1 aromatic heterocycles. The fourth-order valence-electron chi connectivity index (χ4n) is 2.25. The van der Waals surface area contributed by atoms with Crippen LogP contribution in [0.5, 0.6) is 0 Å². The topological polar surface area (TPSA) is 24.9 Å². The van der Waals surface area contributed by atoms with Gasteiger partial charge in [-0.05, 0) is 44.9 Å². The Morgan fingerprint density at radius 2 is 1.88 bits per heavy atom. The van der Waals surface area contributed by atoms with Crippen LogP contribution in [0, 0.1) is 13.8 Å². The predicted octanol–water partition coefficient (Wildman–Crippen LogP) is 3.85. The zero-order chi connectivity index (χ0) is 12.4. The Bertz CT molecular complexity index is 544. The van der Waals surface area contributed by atoms with Gasteiger partial charge in [-0.15, -0.1) is 0 Å². The molecule has 2 nitrogen and oxygen atoms in total. The highest BCUT2D eigenvalue weighted by Gasteiger charge is 2.07. The van der Waals surface area contributed by atoms with Crippen LogP contribution in [-0.2, 0) is 6.42 Å². The van der Waals surface area contributed by atoms with Gasteiger partial charge in [0.25, 0.3) is 0 Å². The Morgan fingerprint density at radius 3 is 2.53 bits per heavy atom. The molecule has 1 heterocycles. The maximum absolute atomic E-state index is 4.74. The quantitative estimate of drug-likeness (QED) is 0.863. The fraction of sp³-hybridized carbons (Fsp3) is 0.400. The average Bonchev–Trinajstić information content (AvgIpc) is 2.30. The molecule has 0 fully saturated rings. The number of benzene rings is 1. The summed E-state index contributed by atoms with van der Waals surface area (Å²) < 4.78 is 0. The van der Waals surface area contributed by atoms with E-state index in [4.69, 9.17) is 4.98 Å². The van der Waals surface area contributed by atoms with E-state index in [0.29, 0.717) is 0 Å². The molecule has 0 atom stereocenters. The summed E-state index contributed by atoms with van der Waals surface area (Å²) in [5.74, 6) is 0. The van der Waals surface area contributed by atoms with Crippen molar-refractivity contribution < 1.29 is 0 Å². The summed E-state index contributed by atoms with van der Waals surface area (Å²) >= 11 is 0. The van der Waals surface area contributed by atoms with Crippen molar-refractivity contribution in [2.45, 2.75) is 34.1 Å². The van der Waals surface area contributed by atoms with Gasteiger partial charge < -0.3 is 5.32 Å². The van der Waals surface area contributed by atoms with Crippen molar-refractivity contribution in [3.63, 3.8) is 0 Å². The molecule has 1 N–H and O–H groups in total. The number of fused-ring (bicyclic) bond motifs is 1. The molecule has 0 bridgehead atoms. The smallest absolute Gasteiger partial charge is 0.0755 e. The van der Waals surface area contributed by atoms with Crippen molar-refractivity contribution in [3.8, 4) is 0 Å². The number of nitrogens with one attached hydrogen (secondary N) is 1. The number of aromatic nitrogens is 1. The van der Waals surface area contributed by atoms with E-state index in [-0.39, 0.29) is 0 Å². The molecular formula is C15H20N2. The van der Waals surface area contributed by atoms with E-state index in [1.165, 1.54) is 22.2 Å². The van der Waals surface area contributed by atoms with Crippen LogP contribution in [0.15, 0.2) is 18.2 Å². The third-order valence-electron chi connectivity index (χ3n) is 3.03. The van der Waals surface area contributed by atoms with E-state index >= 15 is 0 Å². The van der Waals surface area contributed by atoms with Crippen LogP contribution >= 0.6 is 0 Å². The summed E-state index contributed by atoms with van der Waals surface area (Å²) in [4.78, 5) is 4.74. The van der Waals surface area contributed by atoms with Crippen LogP contribution in [0.1, 0.15) is 30.7 Å². The van der Waals surface area contributed by atoms with E-state index in [0.717, 1.165) is 24.2 Å². The van der Waals surface area contributed by atoms with Gasteiger partial charge in [-0.2, -0.15) is 0 Å². The molecule has 2 rings (SSSR count). The Kier molecular flexibility index (Phi) is 3.32. The minimum Gasteiger partial charge on any atom is -0.385 e. The Hall–Kier alpha value is -1.57. The van der Waals surface area contributed by atoms with Crippen molar-refractivity contribution in [2.75, 3.05) is 11.9 Å². The second-order valence-corrected chi connectivity index (χ2v) is 4.52. The number of rotatable bonds is 3. The van der Waals surface area contributed by atoms with E-state index < -0.39 is 0 Å². The molecule has 0 amide bonds. The second kappa shape index (κ2) is 4.74. The summed E-state index contributed by atoms with van der Waals surface area (Å²) in [7, 11) is 0. The molecule has 0 spiro atoms. The van der Waals surface area contributed by atoms with Crippen molar-refractivity contribution in [1.82, 2.24) is 4.98 Å². The van der Waals surface area contributed by atoms with E-state index in [2.05, 4.69) is 51.2 Å². The third-order valence-corrected chi connectivity index (χ3v) is 3.03. The molecule has 0 unspecified atom stereocenters. The first kappa shape index (κ1) is 11.9. The number of nitrogens with zero attached hydrogens (tertiary/aromatic N) is 1. The normalized spacial score (nSPS) is 10.8. The third kappa shape index (κ3) is 2.26. The highest BCUT2D eigenvalue weighted by atomic mass is 14.9. The first-order valence-electron chi connectivity index (χ1n) is 6.30. The van der Waals surface area contributed by atoms with Crippen LogP contribution in [0.4, 0.5) is 5.69 Å². The SMILES string of the molecule is CCNc1cc(CC)nc2c(C)cc(C)cc12. The molecule has 1 aromatic carbocycles. The van der Waals surface area contributed by atoms with Gasteiger partial charge in [0.1, 0.15) is 0 Å². The standard InChI is InChI=1S/C15H20N2/c1-5-12-9-14(16-6-2)13-8-10(3)7-11(4)15(13)17-12/h7-9H,5-6H2,1-4H3,(H,16,17). The Labute approximate surface area is 103 Å².